The molecule has 0 saturated heterocycles. The molecule has 0 unspecified atom stereocenters. The standard InChI is InChI=1S/C17H12BrF3N4O2/c18-13-5-1-3-11(7-13)9-25-10-15(27-24-25)23-16(26)22-14-6-2-4-12(8-14)17(19,20)21/h1-8,10H,9H2,(H-,22,23,24,26). The van der Waals surface area contributed by atoms with E-state index in [0.29, 0.717) is 6.54 Å². The number of anilines is 1. The third-order valence-electron chi connectivity index (χ3n) is 3.39. The third-order valence-corrected chi connectivity index (χ3v) is 3.88. The number of hydrogen-bond acceptors (Lipinski definition) is 3. The largest absolute Gasteiger partial charge is 0.424 e. The van der Waals surface area contributed by atoms with Crippen LogP contribution in [0.1, 0.15) is 11.1 Å². The van der Waals surface area contributed by atoms with Crippen LogP contribution < -0.4 is 10.00 Å². The van der Waals surface area contributed by atoms with Crippen LogP contribution in [0, 0.1) is 0 Å². The summed E-state index contributed by atoms with van der Waals surface area (Å²) in [5.41, 5.74) is 0.0505. The first kappa shape index (κ1) is 18.9. The van der Waals surface area contributed by atoms with Gasteiger partial charge in [0.15, 0.2) is 11.3 Å². The normalized spacial score (nSPS) is 11.3. The summed E-state index contributed by atoms with van der Waals surface area (Å²) in [6.45, 7) is 0.397. The molecule has 140 valence electrons. The van der Waals surface area contributed by atoms with Crippen LogP contribution in [0.4, 0.5) is 29.5 Å². The van der Waals surface area contributed by atoms with Crippen LogP contribution >= 0.6 is 15.9 Å². The van der Waals surface area contributed by atoms with Crippen molar-refractivity contribution in [3.63, 3.8) is 0 Å². The Morgan fingerprint density at radius 1 is 1.22 bits per heavy atom. The van der Waals surface area contributed by atoms with Gasteiger partial charge in [-0.05, 0) is 28.6 Å². The Labute approximate surface area is 160 Å². The van der Waals surface area contributed by atoms with Crippen LogP contribution in [0.3, 0.4) is 0 Å². The lowest BCUT2D eigenvalue weighted by Gasteiger charge is -2.15. The average Bonchev–Trinajstić information content (AvgIpc) is 3.01. The van der Waals surface area contributed by atoms with Gasteiger partial charge >= 0.3 is 6.18 Å². The number of urea groups is 1. The summed E-state index contributed by atoms with van der Waals surface area (Å²) in [6, 6.07) is 10.9. The Bertz CT molecular complexity index is 959. The topological polar surface area (TPSA) is 73.1 Å². The van der Waals surface area contributed by atoms with Crippen LogP contribution in [0.5, 0.6) is 0 Å². The maximum Gasteiger partial charge on any atom is 0.416 e. The Hall–Kier alpha value is -2.88. The molecule has 2 aromatic carbocycles. The second-order valence-electron chi connectivity index (χ2n) is 5.49. The number of amides is 2. The summed E-state index contributed by atoms with van der Waals surface area (Å²) in [5.74, 6) is -0.0746. The predicted molar refractivity (Wildman–Crippen MR) is 93.4 cm³/mol. The number of halogens is 4. The molecule has 0 radical (unpaired) electrons. The first-order valence-corrected chi connectivity index (χ1v) is 8.40. The van der Waals surface area contributed by atoms with E-state index in [1.807, 2.05) is 24.3 Å². The summed E-state index contributed by atoms with van der Waals surface area (Å²) >= 11 is 3.37. The number of aromatic nitrogens is 2. The first-order chi connectivity index (χ1) is 12.8. The molecule has 6 nitrogen and oxygen atoms in total. The van der Waals surface area contributed by atoms with E-state index in [-0.39, 0.29) is 11.6 Å². The Morgan fingerprint density at radius 2 is 2.00 bits per heavy atom. The van der Waals surface area contributed by atoms with Gasteiger partial charge < -0.3 is 15.2 Å². The fourth-order valence-corrected chi connectivity index (χ4v) is 2.69. The van der Waals surface area contributed by atoms with Gasteiger partial charge in [0.05, 0.1) is 5.56 Å². The van der Waals surface area contributed by atoms with Gasteiger partial charge in [-0.25, -0.2) is 0 Å². The molecule has 0 fully saturated rings. The van der Waals surface area contributed by atoms with E-state index >= 15 is 0 Å². The van der Waals surface area contributed by atoms with E-state index in [1.165, 1.54) is 23.0 Å². The van der Waals surface area contributed by atoms with E-state index in [1.54, 1.807) is 0 Å². The molecular weight excluding hydrogens is 429 g/mol. The highest BCUT2D eigenvalue weighted by atomic mass is 79.9. The smallest absolute Gasteiger partial charge is 0.416 e. The summed E-state index contributed by atoms with van der Waals surface area (Å²) in [7, 11) is 0. The number of benzene rings is 2. The number of carbonyl (C=O) groups excluding carboxylic acids is 1. The van der Waals surface area contributed by atoms with Crippen molar-refractivity contribution in [2.24, 2.45) is 0 Å². The number of rotatable bonds is 4. The van der Waals surface area contributed by atoms with Crippen molar-refractivity contribution < 1.29 is 27.2 Å². The van der Waals surface area contributed by atoms with E-state index in [0.717, 1.165) is 22.2 Å². The van der Waals surface area contributed by atoms with E-state index in [2.05, 4.69) is 31.8 Å². The second-order valence-corrected chi connectivity index (χ2v) is 6.40. The zero-order valence-electron chi connectivity index (χ0n) is 13.6. The molecule has 1 N–H and O–H groups in total. The van der Waals surface area contributed by atoms with Crippen LogP contribution in [-0.4, -0.2) is 11.3 Å². The molecular formula is C17H12BrF3N4O2. The lowest BCUT2D eigenvalue weighted by Crippen LogP contribution is -2.35. The molecule has 0 aliphatic rings. The molecule has 2 amide bonds. The summed E-state index contributed by atoms with van der Waals surface area (Å²) in [5, 5.41) is 9.65. The lowest BCUT2D eigenvalue weighted by molar-refractivity contribution is -0.754. The van der Waals surface area contributed by atoms with Crippen molar-refractivity contribution in [2.75, 3.05) is 5.32 Å². The molecule has 0 saturated carbocycles. The number of nitrogens with zero attached hydrogens (tertiary/aromatic N) is 3. The van der Waals surface area contributed by atoms with Crippen molar-refractivity contribution in [3.05, 3.63) is 75.6 Å². The predicted octanol–water partition coefficient (Wildman–Crippen LogP) is 5.03. The van der Waals surface area contributed by atoms with E-state index in [4.69, 9.17) is 4.52 Å². The average molecular weight is 441 g/mol. The van der Waals surface area contributed by atoms with Gasteiger partial charge in [0.2, 0.25) is 18.6 Å². The highest BCUT2D eigenvalue weighted by molar-refractivity contribution is 9.10. The minimum Gasteiger partial charge on any atom is -0.424 e. The summed E-state index contributed by atoms with van der Waals surface area (Å²) in [4.78, 5) is 11.9. The third kappa shape index (κ3) is 5.30. The van der Waals surface area contributed by atoms with Gasteiger partial charge in [-0.3, -0.25) is 4.79 Å². The number of carbonyl (C=O) groups is 1. The Morgan fingerprint density at radius 3 is 2.74 bits per heavy atom. The van der Waals surface area contributed by atoms with Crippen molar-refractivity contribution in [3.8, 4) is 0 Å². The quantitative estimate of drug-likeness (QED) is 0.578. The molecule has 1 heterocycles. The fraction of sp³-hybridized carbons (Fsp3) is 0.118. The van der Waals surface area contributed by atoms with Crippen LogP contribution in [0.15, 0.2) is 63.7 Å². The lowest BCUT2D eigenvalue weighted by atomic mass is 10.2. The molecule has 0 spiro atoms. The summed E-state index contributed by atoms with van der Waals surface area (Å²) < 4.78 is 45.4. The van der Waals surface area contributed by atoms with Crippen LogP contribution in [0.25, 0.3) is 5.32 Å². The van der Waals surface area contributed by atoms with E-state index < -0.39 is 17.8 Å². The van der Waals surface area contributed by atoms with Gasteiger partial charge in [-0.15, -0.1) is 0 Å². The minimum atomic E-state index is -4.50. The van der Waals surface area contributed by atoms with Gasteiger partial charge in [0.25, 0.3) is 0 Å². The molecule has 10 heteroatoms. The van der Waals surface area contributed by atoms with Crippen molar-refractivity contribution in [1.29, 1.82) is 0 Å². The molecule has 0 aliphatic heterocycles. The molecule has 27 heavy (non-hydrogen) atoms. The highest BCUT2D eigenvalue weighted by Gasteiger charge is 2.30. The maximum absolute atomic E-state index is 12.7. The SMILES string of the molecule is O=C([N-]c1c[n+](Cc2cccc(Br)c2)no1)Nc1cccc(C(F)(F)F)c1. The second kappa shape index (κ2) is 7.78. The van der Waals surface area contributed by atoms with E-state index in [9.17, 15) is 18.0 Å². The number of hydrogen-bond donors (Lipinski definition) is 1. The Balaban J connectivity index is 1.61. The van der Waals surface area contributed by atoms with Crippen molar-refractivity contribution >= 4 is 33.5 Å². The molecule has 0 atom stereocenters. The van der Waals surface area contributed by atoms with Crippen molar-refractivity contribution in [2.45, 2.75) is 12.7 Å². The zero-order chi connectivity index (χ0) is 19.4. The zero-order valence-corrected chi connectivity index (χ0v) is 15.2. The molecule has 3 rings (SSSR count). The highest BCUT2D eigenvalue weighted by Crippen LogP contribution is 2.31. The van der Waals surface area contributed by atoms with Crippen LogP contribution in [0.2, 0.25) is 0 Å². The maximum atomic E-state index is 12.7. The molecule has 3 aromatic rings. The van der Waals surface area contributed by atoms with Crippen LogP contribution in [-0.2, 0) is 12.7 Å². The first-order valence-electron chi connectivity index (χ1n) is 7.60. The number of alkyl halides is 3. The number of nitrogens with one attached hydrogen (secondary N) is 1. The monoisotopic (exact) mass is 440 g/mol. The van der Waals surface area contributed by atoms with Crippen molar-refractivity contribution in [1.82, 2.24) is 5.27 Å². The Kier molecular flexibility index (Phi) is 5.45. The molecule has 0 aliphatic carbocycles. The molecule has 0 bridgehead atoms. The minimum absolute atomic E-state index is 0.0277. The van der Waals surface area contributed by atoms with Gasteiger partial charge in [-0.1, -0.05) is 46.3 Å². The van der Waals surface area contributed by atoms with Gasteiger partial charge in [0.1, 0.15) is 0 Å². The fourth-order valence-electron chi connectivity index (χ4n) is 2.24. The van der Waals surface area contributed by atoms with Gasteiger partial charge in [0, 0.05) is 10.0 Å². The molecule has 1 aromatic heterocycles. The summed E-state index contributed by atoms with van der Waals surface area (Å²) in [6.07, 6.45) is -3.09. The van der Waals surface area contributed by atoms with Gasteiger partial charge in [-0.2, -0.15) is 13.2 Å².